The maximum atomic E-state index is 14.4. The normalized spacial score (nSPS) is 13.2. The number of carbonyl (C=O) groups excluding carboxylic acids is 1. The lowest BCUT2D eigenvalue weighted by Crippen LogP contribution is -2.51. The lowest BCUT2D eigenvalue weighted by molar-refractivity contribution is -0.138. The third kappa shape index (κ3) is 8.15. The number of ether oxygens (including phenoxy) is 2. The second kappa shape index (κ2) is 12.8. The number of aromatic nitrogens is 1. The summed E-state index contributed by atoms with van der Waals surface area (Å²) in [6.45, 7) is 3.89. The molecule has 0 radical (unpaired) electrons. The Hall–Kier alpha value is -4.20. The van der Waals surface area contributed by atoms with Crippen molar-refractivity contribution in [3.05, 3.63) is 88.9 Å². The fourth-order valence-corrected chi connectivity index (χ4v) is 4.00. The molecule has 11 heteroatoms. The summed E-state index contributed by atoms with van der Waals surface area (Å²) in [4.78, 5) is 16.9. The zero-order valence-corrected chi connectivity index (χ0v) is 22.1. The molecule has 0 fully saturated rings. The van der Waals surface area contributed by atoms with E-state index in [1.54, 1.807) is 37.3 Å². The highest BCUT2D eigenvalue weighted by Crippen LogP contribution is 2.31. The Bertz CT molecular complexity index is 1340. The molecule has 1 aromatic heterocycles. The van der Waals surface area contributed by atoms with Crippen LogP contribution < -0.4 is 14.8 Å². The first kappa shape index (κ1) is 30.3. The van der Waals surface area contributed by atoms with Gasteiger partial charge in [0.25, 0.3) is 5.91 Å². The van der Waals surface area contributed by atoms with E-state index >= 15 is 0 Å². The summed E-state index contributed by atoms with van der Waals surface area (Å²) in [6.07, 6.45) is -3.61. The predicted octanol–water partition coefficient (Wildman–Crippen LogP) is 6.15. The van der Waals surface area contributed by atoms with Gasteiger partial charge < -0.3 is 14.8 Å². The third-order valence-corrected chi connectivity index (χ3v) is 6.13. The summed E-state index contributed by atoms with van der Waals surface area (Å²) in [5, 5.41) is 12.2. The first-order valence-electron chi connectivity index (χ1n) is 12.3. The molecule has 0 saturated carbocycles. The molecule has 2 unspecified atom stereocenters. The maximum absolute atomic E-state index is 14.4. The Kier molecular flexibility index (Phi) is 9.69. The van der Waals surface area contributed by atoms with E-state index in [1.807, 2.05) is 6.07 Å². The molecule has 3 rings (SSSR count). The van der Waals surface area contributed by atoms with Crippen LogP contribution in [0.2, 0.25) is 0 Å². The summed E-state index contributed by atoms with van der Waals surface area (Å²) >= 11 is 0. The van der Waals surface area contributed by atoms with Crippen molar-refractivity contribution in [3.63, 3.8) is 0 Å². The van der Waals surface area contributed by atoms with Gasteiger partial charge in [-0.05, 0) is 74.7 Å². The van der Waals surface area contributed by atoms with Crippen LogP contribution in [0.1, 0.15) is 48.9 Å². The number of rotatable bonds is 11. The molecule has 0 saturated heterocycles. The number of alkyl halides is 4. The molecule has 1 heterocycles. The largest absolute Gasteiger partial charge is 0.491 e. The van der Waals surface area contributed by atoms with Crippen molar-refractivity contribution in [2.45, 2.75) is 50.9 Å². The number of halogens is 5. The molecule has 2 aromatic carbocycles. The Labute approximate surface area is 228 Å². The van der Waals surface area contributed by atoms with Gasteiger partial charge >= 0.3 is 6.18 Å². The van der Waals surface area contributed by atoms with Crippen LogP contribution in [0.25, 0.3) is 0 Å². The quantitative estimate of drug-likeness (QED) is 0.284. The minimum Gasteiger partial charge on any atom is -0.491 e. The van der Waals surface area contributed by atoms with Crippen LogP contribution in [0, 0.1) is 17.1 Å². The Balaban J connectivity index is 1.81. The van der Waals surface area contributed by atoms with E-state index in [4.69, 9.17) is 9.47 Å². The number of nitriles is 1. The summed E-state index contributed by atoms with van der Waals surface area (Å²) in [6, 6.07) is 14.0. The lowest BCUT2D eigenvalue weighted by Gasteiger charge is -2.31. The number of pyridine rings is 1. The van der Waals surface area contributed by atoms with Gasteiger partial charge in [0.2, 0.25) is 5.88 Å². The average Bonchev–Trinajstić information content (AvgIpc) is 2.90. The number of hydrogen-bond donors (Lipinski definition) is 1. The topological polar surface area (TPSA) is 84.2 Å². The van der Waals surface area contributed by atoms with E-state index in [0.29, 0.717) is 23.9 Å². The van der Waals surface area contributed by atoms with E-state index in [0.717, 1.165) is 23.8 Å². The van der Waals surface area contributed by atoms with Crippen molar-refractivity contribution >= 4 is 5.91 Å². The van der Waals surface area contributed by atoms with E-state index in [9.17, 15) is 32.0 Å². The molecule has 0 spiro atoms. The number of nitrogens with zero attached hydrogens (tertiary/aromatic N) is 2. The number of carbonyl (C=O) groups is 1. The lowest BCUT2D eigenvalue weighted by atomic mass is 9.85. The van der Waals surface area contributed by atoms with Crippen LogP contribution in [0.15, 0.2) is 60.8 Å². The van der Waals surface area contributed by atoms with Gasteiger partial charge in [-0.2, -0.15) is 18.4 Å². The smallest absolute Gasteiger partial charge is 0.417 e. The number of hydrogen-bond acceptors (Lipinski definition) is 5. The molecule has 1 amide bonds. The second-order valence-electron chi connectivity index (χ2n) is 9.63. The Morgan fingerprint density at radius 2 is 1.80 bits per heavy atom. The van der Waals surface area contributed by atoms with Crippen LogP contribution in [-0.2, 0) is 17.4 Å². The molecule has 0 aliphatic heterocycles. The zero-order chi connectivity index (χ0) is 29.5. The fraction of sp³-hybridized carbons (Fsp3) is 0.345. The molecule has 2 atom stereocenters. The minimum atomic E-state index is -4.56. The zero-order valence-electron chi connectivity index (χ0n) is 22.1. The van der Waals surface area contributed by atoms with Gasteiger partial charge in [0.05, 0.1) is 17.2 Å². The Morgan fingerprint density at radius 3 is 2.38 bits per heavy atom. The molecule has 40 heavy (non-hydrogen) atoms. The summed E-state index contributed by atoms with van der Waals surface area (Å²) in [5.41, 5.74) is -1.07. The second-order valence-corrected chi connectivity index (χ2v) is 9.63. The van der Waals surface area contributed by atoms with Crippen molar-refractivity contribution in [2.75, 3.05) is 13.3 Å². The Morgan fingerprint density at radius 1 is 1.10 bits per heavy atom. The van der Waals surface area contributed by atoms with Gasteiger partial charge in [0.1, 0.15) is 24.8 Å². The minimum absolute atomic E-state index is 0.0783. The van der Waals surface area contributed by atoms with E-state index in [-0.39, 0.29) is 18.1 Å². The third-order valence-electron chi connectivity index (χ3n) is 6.13. The monoisotopic (exact) mass is 561 g/mol. The molecule has 0 aliphatic carbocycles. The van der Waals surface area contributed by atoms with E-state index < -0.39 is 47.7 Å². The van der Waals surface area contributed by atoms with Crippen LogP contribution >= 0.6 is 0 Å². The van der Waals surface area contributed by atoms with Crippen molar-refractivity contribution in [3.8, 4) is 17.7 Å². The van der Waals surface area contributed by atoms with E-state index in [2.05, 4.69) is 10.3 Å². The SMILES string of the molecule is CC(NC(=O)C(C)(C)Oc1ccc(C(F)(F)F)cn1)C(Cc1ccc(OCCF)cc1)c1cc(F)cc(C#N)c1. The average molecular weight is 562 g/mol. The number of benzene rings is 2. The van der Waals surface area contributed by atoms with Gasteiger partial charge in [0, 0.05) is 24.2 Å². The number of nitrogens with one attached hydrogen (secondary N) is 1. The molecule has 0 bridgehead atoms. The standard InChI is InChI=1S/C29H28F5N3O3/c1-18(37-27(38)28(2,3)40-26-9-6-22(17-36-26)29(32,33)34)25(21-12-20(16-35)13-23(31)15-21)14-19-4-7-24(8-5-19)39-11-10-30/h4-9,12-13,15,17-18,25H,10-11,14H2,1-3H3,(H,37,38). The van der Waals surface area contributed by atoms with Crippen LogP contribution in [0.5, 0.6) is 11.6 Å². The fourth-order valence-electron chi connectivity index (χ4n) is 4.00. The van der Waals surface area contributed by atoms with Gasteiger partial charge in [0.15, 0.2) is 5.60 Å². The van der Waals surface area contributed by atoms with Gasteiger partial charge in [-0.3, -0.25) is 4.79 Å². The van der Waals surface area contributed by atoms with Crippen LogP contribution in [-0.4, -0.2) is 35.8 Å². The summed E-state index contributed by atoms with van der Waals surface area (Å²) in [7, 11) is 0. The molecular formula is C29H28F5N3O3. The highest BCUT2D eigenvalue weighted by atomic mass is 19.4. The van der Waals surface area contributed by atoms with Crippen molar-refractivity contribution in [2.24, 2.45) is 0 Å². The van der Waals surface area contributed by atoms with Gasteiger partial charge in [-0.15, -0.1) is 0 Å². The summed E-state index contributed by atoms with van der Waals surface area (Å²) < 4.78 is 76.1. The van der Waals surface area contributed by atoms with Crippen LogP contribution in [0.4, 0.5) is 22.0 Å². The summed E-state index contributed by atoms with van der Waals surface area (Å²) in [5.74, 6) is -1.38. The first-order valence-corrected chi connectivity index (χ1v) is 12.3. The molecule has 6 nitrogen and oxygen atoms in total. The highest BCUT2D eigenvalue weighted by Gasteiger charge is 2.35. The molecule has 3 aromatic rings. The van der Waals surface area contributed by atoms with Crippen LogP contribution in [0.3, 0.4) is 0 Å². The van der Waals surface area contributed by atoms with E-state index in [1.165, 1.54) is 19.9 Å². The maximum Gasteiger partial charge on any atom is 0.417 e. The molecule has 0 aliphatic rings. The van der Waals surface area contributed by atoms with Crippen molar-refractivity contribution < 1.29 is 36.2 Å². The highest BCUT2D eigenvalue weighted by molar-refractivity contribution is 5.85. The predicted molar refractivity (Wildman–Crippen MR) is 137 cm³/mol. The molecule has 212 valence electrons. The van der Waals surface area contributed by atoms with Gasteiger partial charge in [-0.1, -0.05) is 12.1 Å². The van der Waals surface area contributed by atoms with Gasteiger partial charge in [-0.25, -0.2) is 13.8 Å². The van der Waals surface area contributed by atoms with Crippen molar-refractivity contribution in [1.82, 2.24) is 10.3 Å². The molecular weight excluding hydrogens is 533 g/mol. The number of amides is 1. The molecule has 1 N–H and O–H groups in total. The first-order chi connectivity index (χ1) is 18.8. The van der Waals surface area contributed by atoms with Crippen molar-refractivity contribution in [1.29, 1.82) is 5.26 Å².